The maximum absolute atomic E-state index is 13.0. The highest BCUT2D eigenvalue weighted by Crippen LogP contribution is 2.35. The van der Waals surface area contributed by atoms with Crippen molar-refractivity contribution in [3.05, 3.63) is 66.4 Å². The summed E-state index contributed by atoms with van der Waals surface area (Å²) in [5.74, 6) is 0.386. The van der Waals surface area contributed by atoms with Gasteiger partial charge < -0.3 is 19.6 Å². The van der Waals surface area contributed by atoms with Gasteiger partial charge in [0.25, 0.3) is 5.91 Å². The molecule has 0 aliphatic rings. The highest BCUT2D eigenvalue weighted by molar-refractivity contribution is 5.95. The van der Waals surface area contributed by atoms with Gasteiger partial charge in [-0.2, -0.15) is 5.10 Å². The van der Waals surface area contributed by atoms with Crippen molar-refractivity contribution in [2.75, 3.05) is 41.3 Å². The largest absolute Gasteiger partial charge is 0.496 e. The second-order valence-electron chi connectivity index (χ2n) is 9.08. The first kappa shape index (κ1) is 24.4. The second-order valence-corrected chi connectivity index (χ2v) is 9.08. The molecule has 2 N–H and O–H groups in total. The number of benzene rings is 2. The Hall–Kier alpha value is -3.75. The highest BCUT2D eigenvalue weighted by atomic mass is 16.5. The summed E-state index contributed by atoms with van der Waals surface area (Å²) in [6, 6.07) is 17.1. The Bertz CT molecular complexity index is 1350. The van der Waals surface area contributed by atoms with Gasteiger partial charge in [0, 0.05) is 42.8 Å². The number of ether oxygens (including phenoxy) is 1. The first-order valence-corrected chi connectivity index (χ1v) is 11.4. The number of carbonyl (C=O) groups excluding carboxylic acids is 1. The number of hydrogen-bond acceptors (Lipinski definition) is 6. The van der Waals surface area contributed by atoms with Crippen molar-refractivity contribution in [1.82, 2.24) is 25.0 Å². The van der Waals surface area contributed by atoms with Crippen LogP contribution in [0.3, 0.4) is 0 Å². The van der Waals surface area contributed by atoms with E-state index in [-0.39, 0.29) is 5.91 Å². The summed E-state index contributed by atoms with van der Waals surface area (Å²) in [4.78, 5) is 21.1. The van der Waals surface area contributed by atoms with Crippen LogP contribution in [0.2, 0.25) is 0 Å². The predicted molar refractivity (Wildman–Crippen MR) is 137 cm³/mol. The van der Waals surface area contributed by atoms with E-state index in [0.717, 1.165) is 33.5 Å². The first-order valence-electron chi connectivity index (χ1n) is 11.4. The van der Waals surface area contributed by atoms with E-state index >= 15 is 0 Å². The van der Waals surface area contributed by atoms with Crippen molar-refractivity contribution >= 4 is 16.9 Å². The molecule has 35 heavy (non-hydrogen) atoms. The smallest absolute Gasteiger partial charge is 0.258 e. The summed E-state index contributed by atoms with van der Waals surface area (Å²) in [5, 5.41) is 19.5. The molecular weight excluding hydrogens is 442 g/mol. The van der Waals surface area contributed by atoms with Crippen LogP contribution in [0.25, 0.3) is 33.4 Å². The number of aromatic amines is 1. The van der Waals surface area contributed by atoms with Crippen LogP contribution in [0, 0.1) is 0 Å². The van der Waals surface area contributed by atoms with Crippen LogP contribution in [0.15, 0.2) is 60.8 Å². The quantitative estimate of drug-likeness (QED) is 0.407. The Morgan fingerprint density at radius 3 is 2.57 bits per heavy atom. The minimum atomic E-state index is -1.66. The topological polar surface area (TPSA) is 94.6 Å². The molecule has 182 valence electrons. The number of carbonyl (C=O) groups is 1. The molecule has 0 aliphatic heterocycles. The van der Waals surface area contributed by atoms with Crippen LogP contribution in [-0.2, 0) is 10.4 Å². The number of nitrogens with one attached hydrogen (secondary N) is 1. The molecule has 2 heterocycles. The lowest BCUT2D eigenvalue weighted by Gasteiger charge is -2.29. The molecule has 1 atom stereocenters. The number of amides is 1. The zero-order valence-corrected chi connectivity index (χ0v) is 20.7. The first-order chi connectivity index (χ1) is 16.7. The molecule has 4 rings (SSSR count). The number of para-hydroxylation sites is 1. The maximum atomic E-state index is 13.0. The van der Waals surface area contributed by atoms with Crippen LogP contribution in [-0.4, -0.2) is 77.3 Å². The fourth-order valence-corrected chi connectivity index (χ4v) is 4.06. The highest BCUT2D eigenvalue weighted by Gasteiger charge is 2.35. The van der Waals surface area contributed by atoms with Crippen molar-refractivity contribution < 1.29 is 14.6 Å². The number of nitrogens with zero attached hydrogens (tertiary/aromatic N) is 4. The average Bonchev–Trinajstić information content (AvgIpc) is 3.29. The summed E-state index contributed by atoms with van der Waals surface area (Å²) in [6.07, 6.45) is 1.74. The monoisotopic (exact) mass is 473 g/mol. The third-order valence-electron chi connectivity index (χ3n) is 6.19. The molecule has 0 spiro atoms. The molecule has 0 fully saturated rings. The summed E-state index contributed by atoms with van der Waals surface area (Å²) in [5.41, 5.74) is 2.85. The molecule has 8 heteroatoms. The van der Waals surface area contributed by atoms with Gasteiger partial charge in [0.15, 0.2) is 11.2 Å². The SMILES string of the molecule is COc1ccccc1-c1[nH]nc2ncc(-c3cccc(C(C)(O)C(=O)N(C)CCN(C)C)c3)cc12. The molecule has 1 amide bonds. The Labute approximate surface area is 205 Å². The average molecular weight is 474 g/mol. The number of pyridine rings is 1. The molecule has 4 aromatic rings. The fourth-order valence-electron chi connectivity index (χ4n) is 4.06. The van der Waals surface area contributed by atoms with E-state index in [1.807, 2.05) is 67.5 Å². The number of methoxy groups -OCH3 is 1. The number of aliphatic hydroxyl groups is 1. The van der Waals surface area contributed by atoms with Gasteiger partial charge in [0.05, 0.1) is 12.8 Å². The lowest BCUT2D eigenvalue weighted by Crippen LogP contribution is -2.45. The minimum Gasteiger partial charge on any atom is -0.496 e. The fraction of sp³-hybridized carbons (Fsp3) is 0.296. The summed E-state index contributed by atoms with van der Waals surface area (Å²) < 4.78 is 5.52. The molecule has 8 nitrogen and oxygen atoms in total. The van der Waals surface area contributed by atoms with Crippen LogP contribution in [0.5, 0.6) is 5.75 Å². The van der Waals surface area contributed by atoms with Crippen molar-refractivity contribution in [1.29, 1.82) is 0 Å². The predicted octanol–water partition coefficient (Wildman–Crippen LogP) is 3.53. The van der Waals surface area contributed by atoms with E-state index in [9.17, 15) is 9.90 Å². The van der Waals surface area contributed by atoms with Crippen LogP contribution in [0.4, 0.5) is 0 Å². The molecule has 0 bridgehead atoms. The van der Waals surface area contributed by atoms with E-state index in [4.69, 9.17) is 4.74 Å². The number of aromatic nitrogens is 3. The van der Waals surface area contributed by atoms with Crippen molar-refractivity contribution in [3.8, 4) is 28.1 Å². The third kappa shape index (κ3) is 4.89. The molecular formula is C27H31N5O3. The van der Waals surface area contributed by atoms with Crippen LogP contribution in [0.1, 0.15) is 12.5 Å². The standard InChI is InChI=1S/C27H31N5O3/c1-27(34,26(33)32(4)14-13-31(2)3)20-10-8-9-18(15-20)19-16-22-24(29-30-25(22)28-17-19)21-11-6-7-12-23(21)35-5/h6-12,15-17,34H,13-14H2,1-5H3,(H,28,29,30). The molecule has 1 unspecified atom stereocenters. The Morgan fingerprint density at radius 2 is 1.83 bits per heavy atom. The van der Waals surface area contributed by atoms with Gasteiger partial charge in [-0.1, -0.05) is 30.3 Å². The lowest BCUT2D eigenvalue weighted by atomic mass is 9.91. The molecule has 2 aromatic carbocycles. The van der Waals surface area contributed by atoms with Gasteiger partial charge in [0.1, 0.15) is 5.75 Å². The molecule has 0 aliphatic carbocycles. The van der Waals surface area contributed by atoms with Gasteiger partial charge in [-0.25, -0.2) is 4.98 Å². The van der Waals surface area contributed by atoms with Crippen LogP contribution >= 0.6 is 0 Å². The van der Waals surface area contributed by atoms with E-state index < -0.39 is 5.60 Å². The van der Waals surface area contributed by atoms with E-state index in [2.05, 4.69) is 15.2 Å². The number of fused-ring (bicyclic) bond motifs is 1. The second kappa shape index (κ2) is 9.85. The Morgan fingerprint density at radius 1 is 1.06 bits per heavy atom. The Balaban J connectivity index is 1.69. The minimum absolute atomic E-state index is 0.349. The molecule has 0 radical (unpaired) electrons. The van der Waals surface area contributed by atoms with Crippen LogP contribution < -0.4 is 4.74 Å². The van der Waals surface area contributed by atoms with Crippen molar-refractivity contribution in [3.63, 3.8) is 0 Å². The van der Waals surface area contributed by atoms with E-state index in [1.54, 1.807) is 31.3 Å². The number of H-pyrrole nitrogens is 1. The van der Waals surface area contributed by atoms with Crippen molar-refractivity contribution in [2.24, 2.45) is 0 Å². The number of likely N-dealkylation sites (N-methyl/N-ethyl adjacent to an activating group) is 2. The van der Waals surface area contributed by atoms with E-state index in [1.165, 1.54) is 6.92 Å². The van der Waals surface area contributed by atoms with Gasteiger partial charge in [-0.15, -0.1) is 0 Å². The summed E-state index contributed by atoms with van der Waals surface area (Å²) in [7, 11) is 7.24. The zero-order chi connectivity index (χ0) is 25.2. The Kier molecular flexibility index (Phi) is 6.86. The van der Waals surface area contributed by atoms with Gasteiger partial charge in [-0.05, 0) is 56.4 Å². The maximum Gasteiger partial charge on any atom is 0.258 e. The van der Waals surface area contributed by atoms with Gasteiger partial charge in [-0.3, -0.25) is 9.89 Å². The van der Waals surface area contributed by atoms with Gasteiger partial charge >= 0.3 is 0 Å². The molecule has 0 saturated carbocycles. The summed E-state index contributed by atoms with van der Waals surface area (Å²) in [6.45, 7) is 2.77. The lowest BCUT2D eigenvalue weighted by molar-refractivity contribution is -0.149. The molecule has 0 saturated heterocycles. The third-order valence-corrected chi connectivity index (χ3v) is 6.19. The molecule has 2 aromatic heterocycles. The summed E-state index contributed by atoms with van der Waals surface area (Å²) >= 11 is 0. The zero-order valence-electron chi connectivity index (χ0n) is 20.7. The van der Waals surface area contributed by atoms with E-state index in [0.29, 0.717) is 24.3 Å². The normalized spacial score (nSPS) is 13.1. The number of hydrogen-bond donors (Lipinski definition) is 2. The van der Waals surface area contributed by atoms with Gasteiger partial charge in [0.2, 0.25) is 0 Å². The number of rotatable bonds is 8. The van der Waals surface area contributed by atoms with Crippen molar-refractivity contribution in [2.45, 2.75) is 12.5 Å².